The number of ether oxygens (including phenoxy) is 1. The maximum Gasteiger partial charge on any atom is 0.175 e. The van der Waals surface area contributed by atoms with Gasteiger partial charge >= 0.3 is 0 Å². The highest BCUT2D eigenvalue weighted by molar-refractivity contribution is 7.90. The topological polar surface area (TPSA) is 67.2 Å². The Morgan fingerprint density at radius 2 is 1.80 bits per heavy atom. The Morgan fingerprint density at radius 1 is 1.15 bits per heavy atom. The Bertz CT molecular complexity index is 777. The van der Waals surface area contributed by atoms with Gasteiger partial charge in [-0.3, -0.25) is 0 Å². The quantitative estimate of drug-likeness (QED) is 0.871. The van der Waals surface area contributed by atoms with Crippen molar-refractivity contribution >= 4 is 21.4 Å². The van der Waals surface area contributed by atoms with Crippen LogP contribution in [0, 0.1) is 11.3 Å². The molecule has 0 fully saturated rings. The van der Waals surface area contributed by atoms with E-state index in [1.807, 2.05) is 6.07 Å². The molecule has 0 radical (unpaired) electrons. The molecule has 0 spiro atoms. The first-order chi connectivity index (χ1) is 9.40. The summed E-state index contributed by atoms with van der Waals surface area (Å²) in [4.78, 5) is 0.218. The van der Waals surface area contributed by atoms with Gasteiger partial charge in [-0.05, 0) is 42.5 Å². The average Bonchev–Trinajstić information content (AvgIpc) is 2.40. The van der Waals surface area contributed by atoms with Crippen LogP contribution in [-0.4, -0.2) is 14.7 Å². The lowest BCUT2D eigenvalue weighted by atomic mass is 10.2. The van der Waals surface area contributed by atoms with Crippen LogP contribution in [0.15, 0.2) is 47.4 Å². The molecular formula is C14H10ClNO3S. The van der Waals surface area contributed by atoms with E-state index in [9.17, 15) is 8.42 Å². The smallest absolute Gasteiger partial charge is 0.175 e. The molecule has 0 aliphatic carbocycles. The zero-order chi connectivity index (χ0) is 14.8. The SMILES string of the molecule is CS(=O)(=O)c1ccc(Oc2ccc(C#N)cc2Cl)cc1. The van der Waals surface area contributed by atoms with E-state index in [1.54, 1.807) is 24.3 Å². The molecule has 0 unspecified atom stereocenters. The van der Waals surface area contributed by atoms with Crippen molar-refractivity contribution in [2.75, 3.05) is 6.26 Å². The predicted molar refractivity (Wildman–Crippen MR) is 75.8 cm³/mol. The van der Waals surface area contributed by atoms with Crippen molar-refractivity contribution < 1.29 is 13.2 Å². The monoisotopic (exact) mass is 307 g/mol. The van der Waals surface area contributed by atoms with Gasteiger partial charge in [0.25, 0.3) is 0 Å². The Labute approximate surface area is 122 Å². The van der Waals surface area contributed by atoms with Crippen molar-refractivity contribution in [2.45, 2.75) is 4.90 Å². The van der Waals surface area contributed by atoms with Gasteiger partial charge in [0, 0.05) is 6.26 Å². The molecule has 6 heteroatoms. The van der Waals surface area contributed by atoms with Crippen LogP contribution < -0.4 is 4.74 Å². The van der Waals surface area contributed by atoms with E-state index < -0.39 is 9.84 Å². The number of hydrogen-bond donors (Lipinski definition) is 0. The molecule has 0 heterocycles. The average molecular weight is 308 g/mol. The lowest BCUT2D eigenvalue weighted by molar-refractivity contribution is 0.482. The molecule has 0 bridgehead atoms. The molecule has 0 aliphatic heterocycles. The summed E-state index contributed by atoms with van der Waals surface area (Å²) in [7, 11) is -3.23. The van der Waals surface area contributed by atoms with Gasteiger partial charge in [-0.25, -0.2) is 8.42 Å². The summed E-state index contributed by atoms with van der Waals surface area (Å²) in [5.74, 6) is 0.863. The third-order valence-corrected chi connectivity index (χ3v) is 3.96. The van der Waals surface area contributed by atoms with Gasteiger partial charge in [0.1, 0.15) is 11.5 Å². The normalized spacial score (nSPS) is 10.8. The summed E-state index contributed by atoms with van der Waals surface area (Å²) in [5.41, 5.74) is 0.440. The summed E-state index contributed by atoms with van der Waals surface area (Å²) >= 11 is 5.99. The summed E-state index contributed by atoms with van der Waals surface area (Å²) in [6, 6.07) is 12.7. The van der Waals surface area contributed by atoms with Crippen molar-refractivity contribution in [1.29, 1.82) is 5.26 Å². The number of hydrogen-bond acceptors (Lipinski definition) is 4. The number of halogens is 1. The van der Waals surface area contributed by atoms with Gasteiger partial charge in [0.05, 0.1) is 21.6 Å². The Hall–Kier alpha value is -2.03. The minimum atomic E-state index is -3.23. The third kappa shape index (κ3) is 3.29. The second-order valence-electron chi connectivity index (χ2n) is 4.10. The molecule has 0 saturated heterocycles. The molecule has 2 aromatic rings. The number of nitrogens with zero attached hydrogens (tertiary/aromatic N) is 1. The third-order valence-electron chi connectivity index (χ3n) is 2.54. The van der Waals surface area contributed by atoms with E-state index in [1.165, 1.54) is 18.2 Å². The number of rotatable bonds is 3. The van der Waals surface area contributed by atoms with Crippen LogP contribution >= 0.6 is 11.6 Å². The fourth-order valence-corrected chi connectivity index (χ4v) is 2.38. The molecule has 0 aliphatic rings. The number of nitriles is 1. The van der Waals surface area contributed by atoms with E-state index in [2.05, 4.69) is 0 Å². The van der Waals surface area contributed by atoms with E-state index >= 15 is 0 Å². The van der Waals surface area contributed by atoms with Gasteiger partial charge in [-0.1, -0.05) is 11.6 Å². The molecule has 0 aromatic heterocycles. The Balaban J connectivity index is 2.25. The summed E-state index contributed by atoms with van der Waals surface area (Å²) in [6.07, 6.45) is 1.14. The molecule has 2 aromatic carbocycles. The van der Waals surface area contributed by atoms with Crippen LogP contribution in [-0.2, 0) is 9.84 Å². The van der Waals surface area contributed by atoms with Gasteiger partial charge in [0.15, 0.2) is 9.84 Å². The number of sulfone groups is 1. The van der Waals surface area contributed by atoms with Crippen LogP contribution in [0.1, 0.15) is 5.56 Å². The van der Waals surface area contributed by atoms with E-state index in [4.69, 9.17) is 21.6 Å². The maximum absolute atomic E-state index is 11.3. The highest BCUT2D eigenvalue weighted by atomic mass is 35.5. The Morgan fingerprint density at radius 3 is 2.30 bits per heavy atom. The highest BCUT2D eigenvalue weighted by Gasteiger charge is 2.08. The van der Waals surface area contributed by atoms with Gasteiger partial charge < -0.3 is 4.74 Å². The summed E-state index contributed by atoms with van der Waals surface area (Å²) in [6.45, 7) is 0. The second-order valence-corrected chi connectivity index (χ2v) is 6.53. The molecule has 102 valence electrons. The van der Waals surface area contributed by atoms with Crippen LogP contribution in [0.4, 0.5) is 0 Å². The molecule has 0 saturated carbocycles. The fraction of sp³-hybridized carbons (Fsp3) is 0.0714. The highest BCUT2D eigenvalue weighted by Crippen LogP contribution is 2.30. The van der Waals surface area contributed by atoms with Crippen molar-refractivity contribution in [1.82, 2.24) is 0 Å². The van der Waals surface area contributed by atoms with Crippen LogP contribution in [0.5, 0.6) is 11.5 Å². The molecule has 0 amide bonds. The van der Waals surface area contributed by atoms with Crippen molar-refractivity contribution in [2.24, 2.45) is 0 Å². The molecule has 2 rings (SSSR count). The largest absolute Gasteiger partial charge is 0.456 e. The van der Waals surface area contributed by atoms with Crippen LogP contribution in [0.3, 0.4) is 0 Å². The zero-order valence-corrected chi connectivity index (χ0v) is 12.1. The minimum Gasteiger partial charge on any atom is -0.456 e. The zero-order valence-electron chi connectivity index (χ0n) is 10.5. The van der Waals surface area contributed by atoms with E-state index in [0.717, 1.165) is 6.26 Å². The summed E-state index contributed by atoms with van der Waals surface area (Å²) in [5, 5.41) is 9.06. The molecule has 4 nitrogen and oxygen atoms in total. The van der Waals surface area contributed by atoms with E-state index in [0.29, 0.717) is 22.1 Å². The van der Waals surface area contributed by atoms with Crippen LogP contribution in [0.25, 0.3) is 0 Å². The standard InChI is InChI=1S/C14H10ClNO3S/c1-20(17,18)12-5-3-11(4-6-12)19-14-7-2-10(9-16)8-13(14)15/h2-8H,1H3. The first-order valence-corrected chi connectivity index (χ1v) is 7.85. The predicted octanol–water partition coefficient (Wildman–Crippen LogP) is 3.41. The lowest BCUT2D eigenvalue weighted by Crippen LogP contribution is -1.96. The van der Waals surface area contributed by atoms with Crippen molar-refractivity contribution in [3.8, 4) is 17.6 Å². The fourth-order valence-electron chi connectivity index (χ4n) is 1.54. The van der Waals surface area contributed by atoms with Crippen molar-refractivity contribution in [3.63, 3.8) is 0 Å². The molecule has 0 N–H and O–H groups in total. The molecular weight excluding hydrogens is 298 g/mol. The first-order valence-electron chi connectivity index (χ1n) is 5.58. The van der Waals surface area contributed by atoms with Gasteiger partial charge in [-0.15, -0.1) is 0 Å². The van der Waals surface area contributed by atoms with Gasteiger partial charge in [0.2, 0.25) is 0 Å². The first kappa shape index (κ1) is 14.4. The van der Waals surface area contributed by atoms with Crippen molar-refractivity contribution in [3.05, 3.63) is 53.1 Å². The molecule has 20 heavy (non-hydrogen) atoms. The maximum atomic E-state index is 11.3. The molecule has 0 atom stereocenters. The number of benzene rings is 2. The van der Waals surface area contributed by atoms with Crippen LogP contribution in [0.2, 0.25) is 5.02 Å². The lowest BCUT2D eigenvalue weighted by Gasteiger charge is -2.08. The van der Waals surface area contributed by atoms with Gasteiger partial charge in [-0.2, -0.15) is 5.26 Å². The summed E-state index contributed by atoms with van der Waals surface area (Å²) < 4.78 is 28.2. The van der Waals surface area contributed by atoms with E-state index in [-0.39, 0.29) is 4.90 Å². The second kappa shape index (κ2) is 5.53. The Kier molecular flexibility index (Phi) is 3.98. The minimum absolute atomic E-state index is 0.218.